The van der Waals surface area contributed by atoms with Crippen LogP contribution in [0.1, 0.15) is 77.6 Å². The van der Waals surface area contributed by atoms with Crippen molar-refractivity contribution in [3.05, 3.63) is 12.2 Å². The number of esters is 1. The summed E-state index contributed by atoms with van der Waals surface area (Å²) in [6, 6.07) is 0. The van der Waals surface area contributed by atoms with Crippen LogP contribution in [0.5, 0.6) is 0 Å². The number of aliphatic hydroxyl groups is 1. The van der Waals surface area contributed by atoms with Crippen molar-refractivity contribution in [3.8, 4) is 0 Å². The first-order valence-electron chi connectivity index (χ1n) is 11.4. The number of aliphatic hydroxyl groups excluding tert-OH is 1. The van der Waals surface area contributed by atoms with E-state index in [0.29, 0.717) is 25.6 Å². The maximum atomic E-state index is 11.2. The van der Waals surface area contributed by atoms with E-state index < -0.39 is 5.79 Å². The molecular formula is C23H40O5S. The first-order valence-corrected chi connectivity index (χ1v) is 11.9. The van der Waals surface area contributed by atoms with Crippen molar-refractivity contribution < 1.29 is 24.1 Å². The largest absolute Gasteiger partial charge is 0.469 e. The van der Waals surface area contributed by atoms with Crippen molar-refractivity contribution in [2.24, 2.45) is 11.8 Å². The van der Waals surface area contributed by atoms with Crippen molar-refractivity contribution >= 4 is 18.6 Å². The second kappa shape index (κ2) is 13.0. The van der Waals surface area contributed by atoms with Crippen molar-refractivity contribution in [1.29, 1.82) is 0 Å². The molecule has 0 aromatic rings. The van der Waals surface area contributed by atoms with Crippen LogP contribution in [0.2, 0.25) is 0 Å². The zero-order valence-electron chi connectivity index (χ0n) is 18.2. The van der Waals surface area contributed by atoms with Crippen molar-refractivity contribution in [3.63, 3.8) is 0 Å². The van der Waals surface area contributed by atoms with E-state index in [9.17, 15) is 9.90 Å². The van der Waals surface area contributed by atoms with Crippen molar-refractivity contribution in [2.75, 3.05) is 20.3 Å². The van der Waals surface area contributed by atoms with Crippen LogP contribution in [0.25, 0.3) is 0 Å². The maximum absolute atomic E-state index is 11.2. The Hall–Kier alpha value is -0.560. The molecule has 0 aromatic heterocycles. The zero-order chi connectivity index (χ0) is 21.1. The number of rotatable bonds is 13. The molecule has 0 spiro atoms. The fourth-order valence-electron chi connectivity index (χ4n) is 4.69. The van der Waals surface area contributed by atoms with E-state index in [0.717, 1.165) is 51.4 Å². The summed E-state index contributed by atoms with van der Waals surface area (Å²) >= 11 is 4.79. The molecule has 0 amide bonds. The number of allylic oxidation sites excluding steroid dienone is 2. The van der Waals surface area contributed by atoms with Gasteiger partial charge in [0.15, 0.2) is 5.79 Å². The highest BCUT2D eigenvalue weighted by Crippen LogP contribution is 2.43. The SMILES string of the molecule is CCCCCC1(CC[C@H]2C(S)C[C@H](O)[C@@H]2C/C=C\CCCC(=O)OC)OCCO1. The Morgan fingerprint density at radius 1 is 1.17 bits per heavy atom. The van der Waals surface area contributed by atoms with Crippen LogP contribution in [0.3, 0.4) is 0 Å². The third-order valence-electron chi connectivity index (χ3n) is 6.41. The van der Waals surface area contributed by atoms with Crippen LogP contribution in [-0.4, -0.2) is 48.5 Å². The lowest BCUT2D eigenvalue weighted by atomic mass is 9.85. The molecule has 1 saturated carbocycles. The van der Waals surface area contributed by atoms with E-state index in [1.54, 1.807) is 0 Å². The van der Waals surface area contributed by atoms with Gasteiger partial charge in [-0.15, -0.1) is 0 Å². The minimum absolute atomic E-state index is 0.160. The maximum Gasteiger partial charge on any atom is 0.305 e. The number of ether oxygens (including phenoxy) is 3. The summed E-state index contributed by atoms with van der Waals surface area (Å²) in [5.41, 5.74) is 0. The minimum atomic E-state index is -0.426. The van der Waals surface area contributed by atoms with E-state index in [4.69, 9.17) is 22.1 Å². The van der Waals surface area contributed by atoms with Gasteiger partial charge in [0, 0.05) is 24.5 Å². The van der Waals surface area contributed by atoms with Gasteiger partial charge in [-0.25, -0.2) is 0 Å². The highest BCUT2D eigenvalue weighted by Gasteiger charge is 2.43. The molecule has 5 nitrogen and oxygen atoms in total. The van der Waals surface area contributed by atoms with Gasteiger partial charge in [-0.05, 0) is 50.4 Å². The first-order chi connectivity index (χ1) is 14.0. The average molecular weight is 429 g/mol. The number of carbonyl (C=O) groups is 1. The summed E-state index contributed by atoms with van der Waals surface area (Å²) in [7, 11) is 1.42. The second-order valence-corrected chi connectivity index (χ2v) is 9.14. The van der Waals surface area contributed by atoms with Crippen LogP contribution in [-0.2, 0) is 19.0 Å². The predicted octanol–water partition coefficient (Wildman–Crippen LogP) is 4.68. The smallest absolute Gasteiger partial charge is 0.305 e. The summed E-state index contributed by atoms with van der Waals surface area (Å²) in [5, 5.41) is 10.8. The molecule has 1 N–H and O–H groups in total. The van der Waals surface area contributed by atoms with Gasteiger partial charge in [-0.2, -0.15) is 12.6 Å². The Bertz CT molecular complexity index is 503. The summed E-state index contributed by atoms with van der Waals surface area (Å²) in [5.74, 6) is 0.00368. The lowest BCUT2D eigenvalue weighted by molar-refractivity contribution is -0.170. The molecule has 2 rings (SSSR count). The molecule has 1 aliphatic carbocycles. The molecule has 1 unspecified atom stereocenters. The lowest BCUT2D eigenvalue weighted by Crippen LogP contribution is -2.32. The van der Waals surface area contributed by atoms with Crippen LogP contribution < -0.4 is 0 Å². The molecule has 1 saturated heterocycles. The Balaban J connectivity index is 1.82. The molecule has 2 aliphatic rings. The topological polar surface area (TPSA) is 65.0 Å². The number of unbranched alkanes of at least 4 members (excludes halogenated alkanes) is 3. The third kappa shape index (κ3) is 7.89. The Morgan fingerprint density at radius 3 is 2.62 bits per heavy atom. The number of methoxy groups -OCH3 is 1. The second-order valence-electron chi connectivity index (χ2n) is 8.48. The average Bonchev–Trinajstić information content (AvgIpc) is 3.27. The van der Waals surface area contributed by atoms with Gasteiger partial charge in [0.2, 0.25) is 0 Å². The van der Waals surface area contributed by atoms with Gasteiger partial charge in [-0.1, -0.05) is 31.9 Å². The molecule has 0 bridgehead atoms. The van der Waals surface area contributed by atoms with Crippen LogP contribution in [0.15, 0.2) is 12.2 Å². The van der Waals surface area contributed by atoms with Gasteiger partial charge in [-0.3, -0.25) is 4.79 Å². The van der Waals surface area contributed by atoms with Gasteiger partial charge < -0.3 is 19.3 Å². The zero-order valence-corrected chi connectivity index (χ0v) is 19.1. The monoisotopic (exact) mass is 428 g/mol. The van der Waals surface area contributed by atoms with E-state index in [1.165, 1.54) is 20.0 Å². The third-order valence-corrected chi connectivity index (χ3v) is 7.00. The van der Waals surface area contributed by atoms with E-state index in [1.807, 2.05) is 0 Å². The van der Waals surface area contributed by atoms with Crippen molar-refractivity contribution in [2.45, 2.75) is 94.7 Å². The fraction of sp³-hybridized carbons (Fsp3) is 0.870. The fourth-order valence-corrected chi connectivity index (χ4v) is 5.27. The number of carbonyl (C=O) groups excluding carboxylic acids is 1. The summed E-state index contributed by atoms with van der Waals surface area (Å²) in [6.07, 6.45) is 14.0. The molecular weight excluding hydrogens is 388 g/mol. The highest BCUT2D eigenvalue weighted by molar-refractivity contribution is 7.81. The van der Waals surface area contributed by atoms with E-state index in [2.05, 4.69) is 23.8 Å². The molecule has 0 aromatic carbocycles. The Morgan fingerprint density at radius 2 is 1.93 bits per heavy atom. The van der Waals surface area contributed by atoms with Gasteiger partial charge in [0.25, 0.3) is 0 Å². The lowest BCUT2D eigenvalue weighted by Gasteiger charge is -2.31. The molecule has 0 radical (unpaired) electrons. The molecule has 1 heterocycles. The van der Waals surface area contributed by atoms with Crippen LogP contribution >= 0.6 is 12.6 Å². The number of hydrogen-bond donors (Lipinski definition) is 2. The molecule has 4 atom stereocenters. The van der Waals surface area contributed by atoms with E-state index in [-0.39, 0.29) is 23.2 Å². The molecule has 168 valence electrons. The summed E-state index contributed by atoms with van der Waals surface area (Å²) < 4.78 is 16.7. The number of thiol groups is 1. The normalized spacial score (nSPS) is 29.0. The molecule has 6 heteroatoms. The highest BCUT2D eigenvalue weighted by atomic mass is 32.1. The Labute approximate surface area is 182 Å². The quantitative estimate of drug-likeness (QED) is 0.193. The van der Waals surface area contributed by atoms with Crippen LogP contribution in [0.4, 0.5) is 0 Å². The van der Waals surface area contributed by atoms with E-state index >= 15 is 0 Å². The standard InChI is InChI=1S/C23H40O5S/c1-3-4-9-13-23(27-15-16-28-23)14-12-19-18(20(24)17-21(19)29)10-7-5-6-8-11-22(25)26-2/h5,7,18-21,24,29H,3-4,6,8-17H2,1-2H3/b7-5-/t18-,19-,20+,21?/m1/s1. The predicted molar refractivity (Wildman–Crippen MR) is 118 cm³/mol. The molecule has 1 aliphatic heterocycles. The van der Waals surface area contributed by atoms with Crippen LogP contribution in [0, 0.1) is 11.8 Å². The first kappa shape index (κ1) is 24.7. The summed E-state index contributed by atoms with van der Waals surface area (Å²) in [6.45, 7) is 3.57. The molecule has 29 heavy (non-hydrogen) atoms. The van der Waals surface area contributed by atoms with Crippen molar-refractivity contribution in [1.82, 2.24) is 0 Å². The minimum Gasteiger partial charge on any atom is -0.469 e. The van der Waals surface area contributed by atoms with Gasteiger partial charge in [0.1, 0.15) is 0 Å². The molecule has 2 fully saturated rings. The summed E-state index contributed by atoms with van der Waals surface area (Å²) in [4.78, 5) is 11.2. The van der Waals surface area contributed by atoms with Gasteiger partial charge >= 0.3 is 5.97 Å². The number of hydrogen-bond acceptors (Lipinski definition) is 6. The van der Waals surface area contributed by atoms with Gasteiger partial charge in [0.05, 0.1) is 26.4 Å². The Kier molecular flexibility index (Phi) is 11.1.